The molecule has 2 saturated heterocycles. The van der Waals surface area contributed by atoms with Crippen LogP contribution in [-0.4, -0.2) is 78.0 Å². The Hall–Kier alpha value is -4.51. The number of methoxy groups -OCH3 is 1. The molecule has 2 atom stereocenters. The molecule has 3 aliphatic heterocycles. The molecule has 0 spiro atoms. The molecule has 0 N–H and O–H groups in total. The number of hydrogen-bond donors (Lipinski definition) is 0. The standard InChI is InChI=1S/C33H35FN4O6/c1-35-30(40)33(31(41)36(2)32(35)42,20-37-16-23-13-24(18-37)26-5-4-6-29(39)38(26)17-23)15-22-9-12-27(28(14-22)43-3)44-19-21-7-10-25(34)11-8-21/h4-12,14,23-24H,13,15-20H2,1-3H3. The Kier molecular flexibility index (Phi) is 7.75. The van der Waals surface area contributed by atoms with Gasteiger partial charge in [-0.15, -0.1) is 0 Å². The minimum absolute atomic E-state index is 0.0134. The minimum Gasteiger partial charge on any atom is -0.493 e. The molecular weight excluding hydrogens is 567 g/mol. The van der Waals surface area contributed by atoms with Crippen LogP contribution < -0.4 is 15.0 Å². The first-order valence-electron chi connectivity index (χ1n) is 14.7. The van der Waals surface area contributed by atoms with Crippen LogP contribution in [0, 0.1) is 17.2 Å². The summed E-state index contributed by atoms with van der Waals surface area (Å²) in [6.45, 7) is 2.12. The Labute approximate surface area is 254 Å². The topological polar surface area (TPSA) is 101 Å². The van der Waals surface area contributed by atoms with Gasteiger partial charge in [0.1, 0.15) is 17.8 Å². The predicted molar refractivity (Wildman–Crippen MR) is 159 cm³/mol. The largest absolute Gasteiger partial charge is 0.493 e. The number of urea groups is 1. The number of pyridine rings is 1. The van der Waals surface area contributed by atoms with Crippen molar-refractivity contribution in [2.75, 3.05) is 40.8 Å². The Morgan fingerprint density at radius 1 is 0.864 bits per heavy atom. The zero-order chi connectivity index (χ0) is 31.2. The summed E-state index contributed by atoms with van der Waals surface area (Å²) in [7, 11) is 4.32. The fraction of sp³-hybridized carbons (Fsp3) is 0.394. The van der Waals surface area contributed by atoms with Gasteiger partial charge in [-0.2, -0.15) is 0 Å². The third-order valence-corrected chi connectivity index (χ3v) is 9.09. The Balaban J connectivity index is 1.29. The van der Waals surface area contributed by atoms with Crippen molar-refractivity contribution < 1.29 is 28.2 Å². The number of amides is 4. The summed E-state index contributed by atoms with van der Waals surface area (Å²) in [5, 5.41) is 0. The molecule has 2 aromatic carbocycles. The molecule has 44 heavy (non-hydrogen) atoms. The average molecular weight is 603 g/mol. The number of barbiturate groups is 1. The lowest BCUT2D eigenvalue weighted by molar-refractivity contribution is -0.159. The number of hydrogen-bond acceptors (Lipinski definition) is 7. The second kappa shape index (κ2) is 11.5. The number of benzene rings is 2. The van der Waals surface area contributed by atoms with Crippen molar-refractivity contribution in [3.8, 4) is 11.5 Å². The fourth-order valence-corrected chi connectivity index (χ4v) is 7.01. The highest BCUT2D eigenvalue weighted by atomic mass is 19.1. The van der Waals surface area contributed by atoms with E-state index < -0.39 is 23.3 Å². The lowest BCUT2D eigenvalue weighted by Gasteiger charge is -2.48. The summed E-state index contributed by atoms with van der Waals surface area (Å²) in [6, 6.07) is 15.9. The number of carbonyl (C=O) groups excluding carboxylic acids is 3. The summed E-state index contributed by atoms with van der Waals surface area (Å²) in [5.41, 5.74) is 0.855. The van der Waals surface area contributed by atoms with Gasteiger partial charge in [0, 0.05) is 58.0 Å². The van der Waals surface area contributed by atoms with Crippen LogP contribution in [0.2, 0.25) is 0 Å². The van der Waals surface area contributed by atoms with E-state index in [1.807, 2.05) is 10.6 Å². The molecular formula is C33H35FN4O6. The number of ether oxygens (including phenoxy) is 2. The summed E-state index contributed by atoms with van der Waals surface area (Å²) in [5.74, 6) is -0.260. The molecule has 2 bridgehead atoms. The summed E-state index contributed by atoms with van der Waals surface area (Å²) < 4.78 is 26.7. The molecule has 0 aliphatic carbocycles. The Morgan fingerprint density at radius 2 is 1.57 bits per heavy atom. The van der Waals surface area contributed by atoms with Gasteiger partial charge in [-0.1, -0.05) is 24.3 Å². The van der Waals surface area contributed by atoms with Crippen molar-refractivity contribution in [3.05, 3.63) is 93.7 Å². The molecule has 230 valence electrons. The van der Waals surface area contributed by atoms with Crippen LogP contribution in [0.4, 0.5) is 9.18 Å². The number of nitrogens with zero attached hydrogens (tertiary/aromatic N) is 4. The maximum atomic E-state index is 14.0. The smallest absolute Gasteiger partial charge is 0.332 e. The molecule has 2 fully saturated rings. The lowest BCUT2D eigenvalue weighted by Crippen LogP contribution is -2.67. The van der Waals surface area contributed by atoms with Gasteiger partial charge in [-0.3, -0.25) is 24.2 Å². The Bertz CT molecular complexity index is 1650. The second-order valence-corrected chi connectivity index (χ2v) is 12.1. The number of likely N-dealkylation sites (tertiary alicyclic amines) is 1. The number of imide groups is 2. The lowest BCUT2D eigenvalue weighted by atomic mass is 9.75. The van der Waals surface area contributed by atoms with Crippen LogP contribution in [0.15, 0.2) is 65.5 Å². The normalized spacial score (nSPS) is 21.3. The molecule has 11 heteroatoms. The van der Waals surface area contributed by atoms with Gasteiger partial charge in [0.25, 0.3) is 5.56 Å². The summed E-state index contributed by atoms with van der Waals surface area (Å²) >= 11 is 0. The van der Waals surface area contributed by atoms with Crippen molar-refractivity contribution in [1.82, 2.24) is 19.3 Å². The highest BCUT2D eigenvalue weighted by Crippen LogP contribution is 2.40. The minimum atomic E-state index is -1.55. The quantitative estimate of drug-likeness (QED) is 0.365. The van der Waals surface area contributed by atoms with Crippen molar-refractivity contribution in [1.29, 1.82) is 0 Å². The second-order valence-electron chi connectivity index (χ2n) is 12.1. The van der Waals surface area contributed by atoms with Crippen LogP contribution in [0.25, 0.3) is 0 Å². The predicted octanol–water partition coefficient (Wildman–Crippen LogP) is 3.27. The summed E-state index contributed by atoms with van der Waals surface area (Å²) in [4.78, 5) is 57.5. The summed E-state index contributed by atoms with van der Waals surface area (Å²) in [6.07, 6.45) is 0.979. The molecule has 10 nitrogen and oxygen atoms in total. The van der Waals surface area contributed by atoms with E-state index in [9.17, 15) is 23.6 Å². The van der Waals surface area contributed by atoms with Gasteiger partial charge in [-0.05, 0) is 60.2 Å². The molecule has 4 amide bonds. The zero-order valence-electron chi connectivity index (χ0n) is 25.0. The van der Waals surface area contributed by atoms with E-state index in [1.165, 1.54) is 33.3 Å². The molecule has 0 saturated carbocycles. The van der Waals surface area contributed by atoms with Gasteiger partial charge in [-0.25, -0.2) is 9.18 Å². The first-order chi connectivity index (χ1) is 21.1. The SMILES string of the molecule is COc1cc(CC2(CN3CC4CC(C3)c3cccc(=O)n3C4)C(=O)N(C)C(=O)N(C)C2=O)ccc1OCc1ccc(F)cc1. The van der Waals surface area contributed by atoms with E-state index in [0.717, 1.165) is 27.5 Å². The van der Waals surface area contributed by atoms with Crippen LogP contribution in [0.1, 0.15) is 29.2 Å². The third kappa shape index (κ3) is 5.25. The van der Waals surface area contributed by atoms with E-state index in [1.54, 1.807) is 42.5 Å². The van der Waals surface area contributed by atoms with Gasteiger partial charge in [0.15, 0.2) is 11.5 Å². The van der Waals surface area contributed by atoms with Gasteiger partial charge in [0.2, 0.25) is 11.8 Å². The molecule has 1 aromatic heterocycles. The monoisotopic (exact) mass is 602 g/mol. The molecule has 2 unspecified atom stereocenters. The first kappa shape index (κ1) is 29.6. The number of carbonyl (C=O) groups is 3. The number of piperidine rings is 1. The van der Waals surface area contributed by atoms with Gasteiger partial charge in [0.05, 0.1) is 7.11 Å². The molecule has 3 aromatic rings. The van der Waals surface area contributed by atoms with Crippen LogP contribution in [-0.2, 0) is 29.2 Å². The van der Waals surface area contributed by atoms with Crippen molar-refractivity contribution in [2.45, 2.75) is 31.9 Å². The zero-order valence-corrected chi connectivity index (χ0v) is 25.0. The maximum Gasteiger partial charge on any atom is 0.332 e. The van der Waals surface area contributed by atoms with E-state index in [2.05, 4.69) is 4.90 Å². The molecule has 3 aliphatic rings. The number of aromatic nitrogens is 1. The number of halogens is 1. The van der Waals surface area contributed by atoms with E-state index in [4.69, 9.17) is 9.47 Å². The fourth-order valence-electron chi connectivity index (χ4n) is 7.01. The van der Waals surface area contributed by atoms with Crippen LogP contribution >= 0.6 is 0 Å². The van der Waals surface area contributed by atoms with Crippen LogP contribution in [0.3, 0.4) is 0 Å². The van der Waals surface area contributed by atoms with Gasteiger partial charge >= 0.3 is 6.03 Å². The number of fused-ring (bicyclic) bond motifs is 4. The highest BCUT2D eigenvalue weighted by molar-refractivity contribution is 6.19. The van der Waals surface area contributed by atoms with Crippen LogP contribution in [0.5, 0.6) is 11.5 Å². The third-order valence-electron chi connectivity index (χ3n) is 9.09. The first-order valence-corrected chi connectivity index (χ1v) is 14.7. The highest BCUT2D eigenvalue weighted by Gasteiger charge is 2.56. The van der Waals surface area contributed by atoms with Gasteiger partial charge < -0.3 is 18.9 Å². The van der Waals surface area contributed by atoms with Crippen molar-refractivity contribution >= 4 is 17.8 Å². The Morgan fingerprint density at radius 3 is 2.27 bits per heavy atom. The van der Waals surface area contributed by atoms with Crippen molar-refractivity contribution in [2.24, 2.45) is 11.3 Å². The molecule has 6 rings (SSSR count). The van der Waals surface area contributed by atoms with E-state index in [0.29, 0.717) is 36.7 Å². The van der Waals surface area contributed by atoms with E-state index in [-0.39, 0.29) is 42.8 Å². The average Bonchev–Trinajstić information content (AvgIpc) is 3.02. The number of rotatable bonds is 8. The van der Waals surface area contributed by atoms with E-state index >= 15 is 0 Å². The molecule has 0 radical (unpaired) electrons. The van der Waals surface area contributed by atoms with Crippen molar-refractivity contribution in [3.63, 3.8) is 0 Å². The maximum absolute atomic E-state index is 14.0. The molecule has 4 heterocycles.